The van der Waals surface area contributed by atoms with E-state index in [0.717, 1.165) is 11.1 Å². The second-order valence-electron chi connectivity index (χ2n) is 4.61. The molecule has 5 heteroatoms. The summed E-state index contributed by atoms with van der Waals surface area (Å²) in [6, 6.07) is 10.3. The maximum atomic E-state index is 5.17. The van der Waals surface area contributed by atoms with Crippen LogP contribution in [0.4, 0.5) is 0 Å². The molecule has 2 N–H and O–H groups in total. The Labute approximate surface area is 118 Å². The molecule has 0 unspecified atom stereocenters. The van der Waals surface area contributed by atoms with Crippen LogP contribution in [-0.2, 0) is 0 Å². The summed E-state index contributed by atoms with van der Waals surface area (Å²) in [5.41, 5.74) is 7.20. The molecule has 0 saturated carbocycles. The quantitative estimate of drug-likeness (QED) is 0.663. The van der Waals surface area contributed by atoms with Gasteiger partial charge < -0.3 is 4.90 Å². The van der Waals surface area contributed by atoms with Crippen LogP contribution in [0.5, 0.6) is 0 Å². The number of pyridine rings is 1. The molecule has 1 atom stereocenters. The molecule has 1 aromatic heterocycles. The van der Waals surface area contributed by atoms with E-state index in [-0.39, 0.29) is 6.04 Å². The Balaban J connectivity index is 2.17. The third kappa shape index (κ3) is 3.19. The van der Waals surface area contributed by atoms with Gasteiger partial charge in [0.15, 0.2) is 5.11 Å². The Morgan fingerprint density at radius 1 is 1.26 bits per heavy atom. The van der Waals surface area contributed by atoms with Crippen molar-refractivity contribution in [2.24, 2.45) is 0 Å². The number of rotatable bonds is 3. The number of benzene rings is 1. The van der Waals surface area contributed by atoms with Crippen LogP contribution in [0.2, 0.25) is 0 Å². The van der Waals surface area contributed by atoms with E-state index in [1.807, 2.05) is 43.4 Å². The molecule has 0 amide bonds. The van der Waals surface area contributed by atoms with E-state index in [1.54, 1.807) is 0 Å². The first-order valence-electron chi connectivity index (χ1n) is 6.16. The van der Waals surface area contributed by atoms with Crippen LogP contribution in [0.1, 0.15) is 18.7 Å². The molecule has 19 heavy (non-hydrogen) atoms. The highest BCUT2D eigenvalue weighted by Crippen LogP contribution is 2.21. The van der Waals surface area contributed by atoms with Crippen LogP contribution in [0.15, 0.2) is 36.5 Å². The Hall–Kier alpha value is -1.72. The topological polar surface area (TPSA) is 40.2 Å². The van der Waals surface area contributed by atoms with E-state index in [4.69, 9.17) is 12.2 Å². The van der Waals surface area contributed by atoms with Crippen molar-refractivity contribution < 1.29 is 0 Å². The highest BCUT2D eigenvalue weighted by atomic mass is 32.1. The summed E-state index contributed by atoms with van der Waals surface area (Å²) < 4.78 is 0. The van der Waals surface area contributed by atoms with Gasteiger partial charge in [0.2, 0.25) is 0 Å². The highest BCUT2D eigenvalue weighted by molar-refractivity contribution is 7.80. The van der Waals surface area contributed by atoms with Crippen LogP contribution < -0.4 is 10.9 Å². The molecular formula is C14H18N4S. The van der Waals surface area contributed by atoms with E-state index in [0.29, 0.717) is 5.11 Å². The lowest BCUT2D eigenvalue weighted by Gasteiger charge is -2.20. The number of nitrogens with zero attached hydrogens (tertiary/aromatic N) is 2. The van der Waals surface area contributed by atoms with E-state index in [9.17, 15) is 0 Å². The summed E-state index contributed by atoms with van der Waals surface area (Å²) in [6.45, 7) is 2.06. The van der Waals surface area contributed by atoms with Crippen molar-refractivity contribution in [2.75, 3.05) is 14.1 Å². The average molecular weight is 274 g/mol. The molecule has 100 valence electrons. The minimum absolute atomic E-state index is 0.0593. The standard InChI is InChI=1S/C14H18N4S/c1-10(16-17-14(19)18(2)3)13-12-7-5-4-6-11(12)8-9-15-13/h4-10,16H,1-3H3,(H,17,19)/t10-/m1/s1. The summed E-state index contributed by atoms with van der Waals surface area (Å²) in [5, 5.41) is 2.99. The summed E-state index contributed by atoms with van der Waals surface area (Å²) in [6.07, 6.45) is 1.83. The second-order valence-corrected chi connectivity index (χ2v) is 4.99. The molecule has 1 heterocycles. The molecule has 0 fully saturated rings. The SMILES string of the molecule is C[C@@H](NNC(=S)N(C)C)c1nccc2ccccc12. The maximum absolute atomic E-state index is 5.17. The molecule has 0 saturated heterocycles. The van der Waals surface area contributed by atoms with Crippen LogP contribution in [0.25, 0.3) is 10.8 Å². The zero-order valence-electron chi connectivity index (χ0n) is 11.3. The lowest BCUT2D eigenvalue weighted by Crippen LogP contribution is -2.44. The molecule has 2 rings (SSSR count). The van der Waals surface area contributed by atoms with Gasteiger partial charge in [0, 0.05) is 25.7 Å². The van der Waals surface area contributed by atoms with Crippen molar-refractivity contribution in [2.45, 2.75) is 13.0 Å². The van der Waals surface area contributed by atoms with Crippen molar-refractivity contribution in [3.63, 3.8) is 0 Å². The average Bonchev–Trinajstić information content (AvgIpc) is 2.43. The number of hydrogen-bond donors (Lipinski definition) is 2. The van der Waals surface area contributed by atoms with E-state index >= 15 is 0 Å². The Bertz CT molecular complexity index is 577. The first-order valence-corrected chi connectivity index (χ1v) is 6.57. The minimum atomic E-state index is 0.0593. The molecule has 0 aliphatic carbocycles. The van der Waals surface area contributed by atoms with Crippen molar-refractivity contribution in [1.82, 2.24) is 20.7 Å². The largest absolute Gasteiger partial charge is 0.354 e. The van der Waals surface area contributed by atoms with E-state index in [1.165, 1.54) is 5.39 Å². The zero-order valence-corrected chi connectivity index (χ0v) is 12.2. The number of nitrogens with one attached hydrogen (secondary N) is 2. The van der Waals surface area contributed by atoms with Crippen molar-refractivity contribution in [3.05, 3.63) is 42.2 Å². The third-order valence-electron chi connectivity index (χ3n) is 2.92. The van der Waals surface area contributed by atoms with Gasteiger partial charge in [0.1, 0.15) is 0 Å². The Kier molecular flexibility index (Phi) is 4.29. The van der Waals surface area contributed by atoms with Crippen molar-refractivity contribution >= 4 is 28.1 Å². The molecule has 0 aliphatic rings. The van der Waals surface area contributed by atoms with Crippen molar-refractivity contribution in [3.8, 4) is 0 Å². The summed E-state index contributed by atoms with van der Waals surface area (Å²) >= 11 is 5.17. The normalized spacial score (nSPS) is 12.2. The van der Waals surface area contributed by atoms with Crippen molar-refractivity contribution in [1.29, 1.82) is 0 Å². The molecule has 1 aromatic carbocycles. The summed E-state index contributed by atoms with van der Waals surface area (Å²) in [4.78, 5) is 6.31. The second kappa shape index (κ2) is 5.95. The lowest BCUT2D eigenvalue weighted by molar-refractivity contribution is 0.498. The predicted octanol–water partition coefficient (Wildman–Crippen LogP) is 2.24. The Morgan fingerprint density at radius 3 is 2.74 bits per heavy atom. The van der Waals surface area contributed by atoms with Crippen LogP contribution >= 0.6 is 12.2 Å². The third-order valence-corrected chi connectivity index (χ3v) is 3.38. The number of fused-ring (bicyclic) bond motifs is 1. The van der Waals surface area contributed by atoms with Gasteiger partial charge in [-0.25, -0.2) is 5.43 Å². The number of thiocarbonyl (C=S) groups is 1. The Morgan fingerprint density at radius 2 is 2.00 bits per heavy atom. The van der Waals surface area contributed by atoms with Gasteiger partial charge in [-0.15, -0.1) is 0 Å². The molecular weight excluding hydrogens is 256 g/mol. The van der Waals surface area contributed by atoms with Gasteiger partial charge in [-0.05, 0) is 30.6 Å². The smallest absolute Gasteiger partial charge is 0.182 e. The zero-order chi connectivity index (χ0) is 13.8. The minimum Gasteiger partial charge on any atom is -0.354 e. The molecule has 0 aliphatic heterocycles. The summed E-state index contributed by atoms with van der Waals surface area (Å²) in [5.74, 6) is 0. The lowest BCUT2D eigenvalue weighted by atomic mass is 10.1. The summed E-state index contributed by atoms with van der Waals surface area (Å²) in [7, 11) is 3.80. The van der Waals surface area contributed by atoms with Gasteiger partial charge in [-0.2, -0.15) is 0 Å². The monoisotopic (exact) mass is 274 g/mol. The molecule has 2 aromatic rings. The molecule has 0 bridgehead atoms. The van der Waals surface area contributed by atoms with Gasteiger partial charge in [-0.3, -0.25) is 10.4 Å². The number of hydrogen-bond acceptors (Lipinski definition) is 3. The first-order chi connectivity index (χ1) is 9.09. The van der Waals surface area contributed by atoms with E-state index < -0.39 is 0 Å². The fourth-order valence-corrected chi connectivity index (χ4v) is 1.90. The number of aromatic nitrogens is 1. The maximum Gasteiger partial charge on any atom is 0.182 e. The van der Waals surface area contributed by atoms with Crippen LogP contribution in [-0.4, -0.2) is 29.1 Å². The molecule has 0 spiro atoms. The fraction of sp³-hybridized carbons (Fsp3) is 0.286. The number of hydrazine groups is 1. The van der Waals surface area contributed by atoms with E-state index in [2.05, 4.69) is 34.9 Å². The van der Waals surface area contributed by atoms with Crippen LogP contribution in [0.3, 0.4) is 0 Å². The van der Waals surface area contributed by atoms with Gasteiger partial charge in [0.25, 0.3) is 0 Å². The van der Waals surface area contributed by atoms with Crippen LogP contribution in [0, 0.1) is 0 Å². The van der Waals surface area contributed by atoms with Gasteiger partial charge in [-0.1, -0.05) is 24.3 Å². The molecule has 0 radical (unpaired) electrons. The highest BCUT2D eigenvalue weighted by Gasteiger charge is 2.10. The van der Waals surface area contributed by atoms with Gasteiger partial charge >= 0.3 is 0 Å². The predicted molar refractivity (Wildman–Crippen MR) is 82.7 cm³/mol. The fourth-order valence-electron chi connectivity index (χ4n) is 1.84. The first kappa shape index (κ1) is 13.7. The molecule has 4 nitrogen and oxygen atoms in total. The van der Waals surface area contributed by atoms with Gasteiger partial charge in [0.05, 0.1) is 11.7 Å².